The first-order valence-corrected chi connectivity index (χ1v) is 5.58. The van der Waals surface area contributed by atoms with E-state index in [4.69, 9.17) is 10.8 Å². The fourth-order valence-electron chi connectivity index (χ4n) is 1.10. The zero-order valence-electron chi connectivity index (χ0n) is 10.2. The topological polar surface area (TPSA) is 92.4 Å². The zero-order valence-corrected chi connectivity index (χ0v) is 10.2. The molecule has 5 nitrogen and oxygen atoms in total. The van der Waals surface area contributed by atoms with E-state index < -0.39 is 11.5 Å². The Morgan fingerprint density at radius 2 is 2.06 bits per heavy atom. The van der Waals surface area contributed by atoms with Crippen molar-refractivity contribution in [3.8, 4) is 0 Å². The smallest absolute Gasteiger partial charge is 0.303 e. The van der Waals surface area contributed by atoms with Gasteiger partial charge in [-0.1, -0.05) is 13.8 Å². The number of carbonyl (C=O) groups excluding carboxylic acids is 1. The molecule has 0 rings (SSSR count). The predicted molar refractivity (Wildman–Crippen MR) is 61.9 cm³/mol. The first kappa shape index (κ1) is 14.9. The first-order valence-electron chi connectivity index (χ1n) is 5.58. The minimum absolute atomic E-state index is 0.130. The highest BCUT2D eigenvalue weighted by Gasteiger charge is 2.25. The van der Waals surface area contributed by atoms with Gasteiger partial charge in [0.1, 0.15) is 0 Å². The Morgan fingerprint density at radius 1 is 1.50 bits per heavy atom. The molecule has 2 atom stereocenters. The molecule has 0 aliphatic heterocycles. The number of nitrogens with two attached hydrogens (primary N) is 1. The number of carbonyl (C=O) groups is 2. The van der Waals surface area contributed by atoms with Crippen LogP contribution >= 0.6 is 0 Å². The van der Waals surface area contributed by atoms with E-state index in [1.165, 1.54) is 0 Å². The van der Waals surface area contributed by atoms with Crippen molar-refractivity contribution in [1.82, 2.24) is 5.32 Å². The van der Waals surface area contributed by atoms with Crippen molar-refractivity contribution in [2.45, 2.75) is 45.6 Å². The Bertz CT molecular complexity index is 252. The standard InChI is InChI=1S/C11H22N2O3/c1-4-11(3,12)10(16)13-7-8(2)5-6-9(14)15/h8H,4-7,12H2,1-3H3,(H,13,16)(H,14,15). The minimum Gasteiger partial charge on any atom is -0.481 e. The van der Waals surface area contributed by atoms with Crippen LogP contribution in [0, 0.1) is 5.92 Å². The van der Waals surface area contributed by atoms with Crippen molar-refractivity contribution in [1.29, 1.82) is 0 Å². The van der Waals surface area contributed by atoms with Crippen LogP contribution in [0.25, 0.3) is 0 Å². The molecule has 0 bridgehead atoms. The fraction of sp³-hybridized carbons (Fsp3) is 0.818. The van der Waals surface area contributed by atoms with E-state index in [0.29, 0.717) is 19.4 Å². The summed E-state index contributed by atoms with van der Waals surface area (Å²) < 4.78 is 0. The van der Waals surface area contributed by atoms with Gasteiger partial charge in [0.25, 0.3) is 0 Å². The van der Waals surface area contributed by atoms with E-state index in [9.17, 15) is 9.59 Å². The second-order valence-electron chi connectivity index (χ2n) is 4.52. The lowest BCUT2D eigenvalue weighted by atomic mass is 9.98. The molecule has 0 aliphatic rings. The quantitative estimate of drug-likeness (QED) is 0.601. The highest BCUT2D eigenvalue weighted by Crippen LogP contribution is 2.07. The van der Waals surface area contributed by atoms with Crippen LogP contribution in [0.4, 0.5) is 0 Å². The molecule has 0 saturated heterocycles. The zero-order chi connectivity index (χ0) is 12.8. The molecule has 0 spiro atoms. The van der Waals surface area contributed by atoms with E-state index in [1.54, 1.807) is 6.92 Å². The van der Waals surface area contributed by atoms with E-state index >= 15 is 0 Å². The second kappa shape index (κ2) is 6.48. The van der Waals surface area contributed by atoms with Crippen LogP contribution in [0.3, 0.4) is 0 Å². The summed E-state index contributed by atoms with van der Waals surface area (Å²) >= 11 is 0. The van der Waals surface area contributed by atoms with Crippen LogP contribution in [0.15, 0.2) is 0 Å². The van der Waals surface area contributed by atoms with Gasteiger partial charge in [-0.25, -0.2) is 0 Å². The molecule has 0 aromatic carbocycles. The Balaban J connectivity index is 3.88. The van der Waals surface area contributed by atoms with Crippen molar-refractivity contribution in [2.24, 2.45) is 11.7 Å². The number of carboxylic acids is 1. The van der Waals surface area contributed by atoms with Crippen molar-refractivity contribution in [3.63, 3.8) is 0 Å². The maximum absolute atomic E-state index is 11.6. The summed E-state index contributed by atoms with van der Waals surface area (Å²) in [7, 11) is 0. The number of amides is 1. The molecule has 2 unspecified atom stereocenters. The highest BCUT2D eigenvalue weighted by molar-refractivity contribution is 5.85. The summed E-state index contributed by atoms with van der Waals surface area (Å²) in [5, 5.41) is 11.2. The largest absolute Gasteiger partial charge is 0.481 e. The van der Waals surface area contributed by atoms with Gasteiger partial charge in [-0.05, 0) is 25.7 Å². The van der Waals surface area contributed by atoms with E-state index in [-0.39, 0.29) is 18.2 Å². The summed E-state index contributed by atoms with van der Waals surface area (Å²) in [5.74, 6) is -0.847. The van der Waals surface area contributed by atoms with Gasteiger partial charge >= 0.3 is 5.97 Å². The van der Waals surface area contributed by atoms with Crippen LogP contribution in [-0.2, 0) is 9.59 Å². The number of rotatable bonds is 7. The van der Waals surface area contributed by atoms with Gasteiger partial charge in [0.2, 0.25) is 5.91 Å². The first-order chi connectivity index (χ1) is 7.29. The Kier molecular flexibility index (Phi) is 6.03. The Labute approximate surface area is 96.4 Å². The fourth-order valence-corrected chi connectivity index (χ4v) is 1.10. The SMILES string of the molecule is CCC(C)(N)C(=O)NCC(C)CCC(=O)O. The summed E-state index contributed by atoms with van der Waals surface area (Å²) in [4.78, 5) is 21.9. The number of hydrogen-bond acceptors (Lipinski definition) is 3. The van der Waals surface area contributed by atoms with Gasteiger partial charge in [0.15, 0.2) is 0 Å². The summed E-state index contributed by atoms with van der Waals surface area (Å²) in [5.41, 5.74) is 4.92. The molecule has 5 heteroatoms. The monoisotopic (exact) mass is 230 g/mol. The van der Waals surface area contributed by atoms with Gasteiger partial charge in [-0.2, -0.15) is 0 Å². The molecule has 0 fully saturated rings. The molecule has 0 aliphatic carbocycles. The molecule has 0 aromatic heterocycles. The molecule has 0 aromatic rings. The number of hydrogen-bond donors (Lipinski definition) is 3. The highest BCUT2D eigenvalue weighted by atomic mass is 16.4. The van der Waals surface area contributed by atoms with Gasteiger partial charge in [0, 0.05) is 13.0 Å². The molecule has 16 heavy (non-hydrogen) atoms. The number of aliphatic carboxylic acids is 1. The molecule has 0 radical (unpaired) electrons. The molecule has 0 saturated carbocycles. The average molecular weight is 230 g/mol. The second-order valence-corrected chi connectivity index (χ2v) is 4.52. The molecule has 0 heterocycles. The van der Waals surface area contributed by atoms with Crippen molar-refractivity contribution in [2.75, 3.05) is 6.54 Å². The Morgan fingerprint density at radius 3 is 2.50 bits per heavy atom. The lowest BCUT2D eigenvalue weighted by Gasteiger charge is -2.22. The third kappa shape index (κ3) is 5.70. The summed E-state index contributed by atoms with van der Waals surface area (Å²) in [6.45, 7) is 5.92. The minimum atomic E-state index is -0.841. The average Bonchev–Trinajstić information content (AvgIpc) is 2.22. The maximum atomic E-state index is 11.6. The number of nitrogens with one attached hydrogen (secondary N) is 1. The van der Waals surface area contributed by atoms with Gasteiger partial charge in [-0.3, -0.25) is 9.59 Å². The van der Waals surface area contributed by atoms with Gasteiger partial charge < -0.3 is 16.2 Å². The van der Waals surface area contributed by atoms with Gasteiger partial charge in [-0.15, -0.1) is 0 Å². The third-order valence-corrected chi connectivity index (χ3v) is 2.72. The van der Waals surface area contributed by atoms with E-state index in [2.05, 4.69) is 5.32 Å². The predicted octanol–water partition coefficient (Wildman–Crippen LogP) is 0.731. The van der Waals surface area contributed by atoms with Crippen molar-refractivity contribution < 1.29 is 14.7 Å². The molecular formula is C11H22N2O3. The lowest BCUT2D eigenvalue weighted by Crippen LogP contribution is -2.51. The molecule has 94 valence electrons. The van der Waals surface area contributed by atoms with Crippen LogP contribution in [-0.4, -0.2) is 29.1 Å². The van der Waals surface area contributed by atoms with Crippen molar-refractivity contribution >= 4 is 11.9 Å². The third-order valence-electron chi connectivity index (χ3n) is 2.72. The molecule has 4 N–H and O–H groups in total. The van der Waals surface area contributed by atoms with Crippen molar-refractivity contribution in [3.05, 3.63) is 0 Å². The van der Waals surface area contributed by atoms with Crippen LogP contribution in [0.2, 0.25) is 0 Å². The van der Waals surface area contributed by atoms with E-state index in [0.717, 1.165) is 0 Å². The summed E-state index contributed by atoms with van der Waals surface area (Å²) in [6.07, 6.45) is 1.26. The Hall–Kier alpha value is -1.10. The van der Waals surface area contributed by atoms with E-state index in [1.807, 2.05) is 13.8 Å². The lowest BCUT2D eigenvalue weighted by molar-refractivity contribution is -0.137. The van der Waals surface area contributed by atoms with Crippen LogP contribution in [0.1, 0.15) is 40.0 Å². The van der Waals surface area contributed by atoms with Crippen LogP contribution < -0.4 is 11.1 Å². The van der Waals surface area contributed by atoms with Gasteiger partial charge in [0.05, 0.1) is 5.54 Å². The van der Waals surface area contributed by atoms with Crippen LogP contribution in [0.5, 0.6) is 0 Å². The maximum Gasteiger partial charge on any atom is 0.303 e. The molecular weight excluding hydrogens is 208 g/mol. The normalized spacial score (nSPS) is 16.2. The molecule has 1 amide bonds. The number of carboxylic acid groups (broad SMARTS) is 1. The summed E-state index contributed by atoms with van der Waals surface area (Å²) in [6, 6.07) is 0.